The van der Waals surface area contributed by atoms with Gasteiger partial charge in [0.15, 0.2) is 0 Å². The molecule has 3 N–H and O–H groups in total. The Labute approximate surface area is 67.2 Å². The second kappa shape index (κ2) is 3.12. The molecule has 1 aromatic carbocycles. The molecule has 1 nitrogen and oxygen atoms in total. The van der Waals surface area contributed by atoms with Crippen molar-refractivity contribution in [2.24, 2.45) is 0 Å². The molecule has 1 aromatic rings. The van der Waals surface area contributed by atoms with Crippen molar-refractivity contribution in [3.63, 3.8) is 0 Å². The summed E-state index contributed by atoms with van der Waals surface area (Å²) in [5.74, 6) is -0.182. The molecule has 0 amide bonds. The Morgan fingerprint density at radius 1 is 1.50 bits per heavy atom. The van der Waals surface area contributed by atoms with Crippen molar-refractivity contribution >= 4 is 15.9 Å². The summed E-state index contributed by atoms with van der Waals surface area (Å²) in [6.45, 7) is 0.491. The van der Waals surface area contributed by atoms with Crippen molar-refractivity contribution < 1.29 is 10.1 Å². The lowest BCUT2D eigenvalue weighted by atomic mass is 10.2. The molecule has 0 radical (unpaired) electrons. The van der Waals surface area contributed by atoms with Crippen LogP contribution in [0.3, 0.4) is 0 Å². The van der Waals surface area contributed by atoms with Gasteiger partial charge in [-0.1, -0.05) is 15.9 Å². The van der Waals surface area contributed by atoms with Crippen LogP contribution in [0.5, 0.6) is 0 Å². The van der Waals surface area contributed by atoms with E-state index < -0.39 is 0 Å². The van der Waals surface area contributed by atoms with Crippen molar-refractivity contribution in [2.75, 3.05) is 0 Å². The van der Waals surface area contributed by atoms with E-state index in [1.807, 2.05) is 0 Å². The van der Waals surface area contributed by atoms with Gasteiger partial charge in [0, 0.05) is 10.0 Å². The zero-order valence-electron chi connectivity index (χ0n) is 5.40. The van der Waals surface area contributed by atoms with Crippen LogP contribution in [0.2, 0.25) is 0 Å². The monoisotopic (exact) mass is 204 g/mol. The first-order valence-electron chi connectivity index (χ1n) is 2.97. The number of rotatable bonds is 1. The molecule has 3 heteroatoms. The van der Waals surface area contributed by atoms with Crippen molar-refractivity contribution in [2.45, 2.75) is 6.54 Å². The third-order valence-corrected chi connectivity index (χ3v) is 1.77. The van der Waals surface area contributed by atoms with Gasteiger partial charge in [0.1, 0.15) is 12.4 Å². The fourth-order valence-electron chi connectivity index (χ4n) is 0.735. The fraction of sp³-hybridized carbons (Fsp3) is 0.143. The highest BCUT2D eigenvalue weighted by Gasteiger charge is 2.00. The molecule has 1 rings (SSSR count). The lowest BCUT2D eigenvalue weighted by molar-refractivity contribution is -0.386. The summed E-state index contributed by atoms with van der Waals surface area (Å²) in [6.07, 6.45) is 0. The van der Waals surface area contributed by atoms with Crippen LogP contribution in [0, 0.1) is 5.82 Å². The predicted molar refractivity (Wildman–Crippen MR) is 40.7 cm³/mol. The lowest BCUT2D eigenvalue weighted by Gasteiger charge is -1.96. The summed E-state index contributed by atoms with van der Waals surface area (Å²) in [5, 5.41) is 0. The van der Waals surface area contributed by atoms with Crippen molar-refractivity contribution in [1.82, 2.24) is 0 Å². The molecular weight excluding hydrogens is 197 g/mol. The standard InChI is InChI=1S/C7H7BrFN/c8-6-1-2-7(9)5(3-6)4-10/h1-3H,4,10H2/p+1. The van der Waals surface area contributed by atoms with E-state index >= 15 is 0 Å². The van der Waals surface area contributed by atoms with Crippen molar-refractivity contribution in [3.8, 4) is 0 Å². The van der Waals surface area contributed by atoms with Crippen LogP contribution in [0.4, 0.5) is 4.39 Å². The van der Waals surface area contributed by atoms with Gasteiger partial charge in [-0.05, 0) is 18.2 Å². The first kappa shape index (κ1) is 7.69. The van der Waals surface area contributed by atoms with E-state index in [-0.39, 0.29) is 5.82 Å². The number of halogens is 2. The summed E-state index contributed by atoms with van der Waals surface area (Å²) in [6, 6.07) is 4.85. The Kier molecular flexibility index (Phi) is 2.40. The summed E-state index contributed by atoms with van der Waals surface area (Å²) in [7, 11) is 0. The van der Waals surface area contributed by atoms with E-state index in [1.165, 1.54) is 6.07 Å². The summed E-state index contributed by atoms with van der Waals surface area (Å²) >= 11 is 3.24. The average Bonchev–Trinajstić information content (AvgIpc) is 1.94. The zero-order chi connectivity index (χ0) is 7.56. The Hall–Kier alpha value is -0.410. The first-order chi connectivity index (χ1) is 4.74. The molecule has 10 heavy (non-hydrogen) atoms. The SMILES string of the molecule is [NH3+]Cc1cc(Br)ccc1F. The summed E-state index contributed by atoms with van der Waals surface area (Å²) in [5.41, 5.74) is 4.24. The smallest absolute Gasteiger partial charge is 0.132 e. The maximum atomic E-state index is 12.7. The third kappa shape index (κ3) is 1.55. The summed E-state index contributed by atoms with van der Waals surface area (Å²) < 4.78 is 13.6. The quantitative estimate of drug-likeness (QED) is 0.716. The minimum absolute atomic E-state index is 0.182. The van der Waals surface area contributed by atoms with Gasteiger partial charge in [-0.25, -0.2) is 4.39 Å². The van der Waals surface area contributed by atoms with Crippen LogP contribution < -0.4 is 5.73 Å². The molecule has 0 spiro atoms. The van der Waals surface area contributed by atoms with Gasteiger partial charge in [0.2, 0.25) is 0 Å². The number of quaternary nitrogens is 1. The van der Waals surface area contributed by atoms with Gasteiger partial charge in [0.05, 0.1) is 0 Å². The topological polar surface area (TPSA) is 27.6 Å². The van der Waals surface area contributed by atoms with Crippen molar-refractivity contribution in [1.29, 1.82) is 0 Å². The van der Waals surface area contributed by atoms with Gasteiger partial charge in [-0.2, -0.15) is 0 Å². The molecule has 0 heterocycles. The van der Waals surface area contributed by atoms with Gasteiger partial charge >= 0.3 is 0 Å². The predicted octanol–water partition coefficient (Wildman–Crippen LogP) is 1.33. The Balaban J connectivity index is 3.09. The average molecular weight is 205 g/mol. The highest BCUT2D eigenvalue weighted by Crippen LogP contribution is 2.14. The molecule has 0 aliphatic rings. The van der Waals surface area contributed by atoms with Crippen LogP contribution in [0.25, 0.3) is 0 Å². The van der Waals surface area contributed by atoms with Crippen LogP contribution in [-0.4, -0.2) is 0 Å². The molecule has 0 bridgehead atoms. The molecule has 0 aliphatic carbocycles. The van der Waals surface area contributed by atoms with Crippen molar-refractivity contribution in [3.05, 3.63) is 34.1 Å². The molecule has 0 saturated carbocycles. The maximum absolute atomic E-state index is 12.7. The van der Waals surface area contributed by atoms with E-state index in [0.29, 0.717) is 12.1 Å². The highest BCUT2D eigenvalue weighted by atomic mass is 79.9. The normalized spacial score (nSPS) is 9.90. The number of benzene rings is 1. The highest BCUT2D eigenvalue weighted by molar-refractivity contribution is 9.10. The molecular formula is C7H8BrFN+. The maximum Gasteiger partial charge on any atom is 0.132 e. The van der Waals surface area contributed by atoms with E-state index in [1.54, 1.807) is 12.1 Å². The van der Waals surface area contributed by atoms with E-state index in [4.69, 9.17) is 0 Å². The van der Waals surface area contributed by atoms with E-state index in [9.17, 15) is 4.39 Å². The number of hydrogen-bond acceptors (Lipinski definition) is 0. The van der Waals surface area contributed by atoms with Crippen LogP contribution in [-0.2, 0) is 6.54 Å². The van der Waals surface area contributed by atoms with Crippen LogP contribution in [0.1, 0.15) is 5.56 Å². The van der Waals surface area contributed by atoms with Gasteiger partial charge in [0.25, 0.3) is 0 Å². The summed E-state index contributed by atoms with van der Waals surface area (Å²) in [4.78, 5) is 0. The second-order valence-electron chi connectivity index (χ2n) is 1.99. The van der Waals surface area contributed by atoms with Gasteiger partial charge in [-0.15, -0.1) is 0 Å². The fourth-order valence-corrected chi connectivity index (χ4v) is 1.14. The van der Waals surface area contributed by atoms with Gasteiger partial charge in [-0.3, -0.25) is 0 Å². The molecule has 54 valence electrons. The molecule has 0 atom stereocenters. The van der Waals surface area contributed by atoms with Gasteiger partial charge < -0.3 is 5.73 Å². The largest absolute Gasteiger partial charge is 0.354 e. The Morgan fingerprint density at radius 3 is 2.70 bits per heavy atom. The first-order valence-corrected chi connectivity index (χ1v) is 3.76. The molecule has 0 aliphatic heterocycles. The van der Waals surface area contributed by atoms with Crippen LogP contribution in [0.15, 0.2) is 22.7 Å². The van der Waals surface area contributed by atoms with E-state index in [0.717, 1.165) is 4.47 Å². The Morgan fingerprint density at radius 2 is 2.20 bits per heavy atom. The minimum atomic E-state index is -0.182. The third-order valence-electron chi connectivity index (χ3n) is 1.28. The molecule has 0 saturated heterocycles. The number of hydrogen-bond donors (Lipinski definition) is 1. The Bertz CT molecular complexity index is 237. The van der Waals surface area contributed by atoms with Crippen LogP contribution >= 0.6 is 15.9 Å². The minimum Gasteiger partial charge on any atom is -0.354 e. The zero-order valence-corrected chi connectivity index (χ0v) is 6.99. The second-order valence-corrected chi connectivity index (χ2v) is 2.90. The van der Waals surface area contributed by atoms with E-state index in [2.05, 4.69) is 21.7 Å². The lowest BCUT2D eigenvalue weighted by Crippen LogP contribution is -2.47. The molecule has 0 aromatic heterocycles. The molecule has 0 unspecified atom stereocenters. The molecule has 0 fully saturated rings.